The Bertz CT molecular complexity index is 810. The molecule has 0 fully saturated rings. The lowest BCUT2D eigenvalue weighted by Crippen LogP contribution is -2.11. The van der Waals surface area contributed by atoms with Gasteiger partial charge in [-0.15, -0.1) is 10.2 Å². The van der Waals surface area contributed by atoms with Crippen LogP contribution in [0.4, 0.5) is 5.13 Å². The number of rotatable bonds is 5. The molecule has 0 radical (unpaired) electrons. The highest BCUT2D eigenvalue weighted by Crippen LogP contribution is 2.28. The van der Waals surface area contributed by atoms with E-state index in [1.54, 1.807) is 17.8 Å². The molecular weight excluding hydrogens is 352 g/mol. The number of nitrogens with zero attached hydrogens (tertiary/aromatic N) is 3. The fraction of sp³-hybridized carbons (Fsp3) is 0.0667. The van der Waals surface area contributed by atoms with E-state index in [1.165, 1.54) is 29.2 Å². The highest BCUT2D eigenvalue weighted by molar-refractivity contribution is 8.00. The average Bonchev–Trinajstić information content (AvgIpc) is 3.01. The van der Waals surface area contributed by atoms with Crippen LogP contribution in [0.1, 0.15) is 15.9 Å². The summed E-state index contributed by atoms with van der Waals surface area (Å²) in [6.07, 6.45) is 1.48. The van der Waals surface area contributed by atoms with Crippen molar-refractivity contribution in [3.63, 3.8) is 0 Å². The fourth-order valence-corrected chi connectivity index (χ4v) is 3.63. The second kappa shape index (κ2) is 7.54. The number of carbonyl (C=O) groups excluding carboxylic acids is 1. The lowest BCUT2D eigenvalue weighted by molar-refractivity contribution is 0.102. The van der Waals surface area contributed by atoms with E-state index < -0.39 is 0 Å². The average molecular weight is 363 g/mol. The Hall–Kier alpha value is -1.96. The largest absolute Gasteiger partial charge is 0.296 e. The Morgan fingerprint density at radius 3 is 2.83 bits per heavy atom. The molecule has 0 spiro atoms. The summed E-state index contributed by atoms with van der Waals surface area (Å²) in [5, 5.41) is 11.5. The smallest absolute Gasteiger partial charge is 0.257 e. The lowest BCUT2D eigenvalue weighted by Gasteiger charge is -2.00. The van der Waals surface area contributed by atoms with Gasteiger partial charge >= 0.3 is 0 Å². The van der Waals surface area contributed by atoms with E-state index in [9.17, 15) is 4.79 Å². The van der Waals surface area contributed by atoms with Crippen LogP contribution in [-0.4, -0.2) is 21.1 Å². The maximum atomic E-state index is 12.1. The van der Waals surface area contributed by atoms with Crippen LogP contribution in [0.25, 0.3) is 0 Å². The van der Waals surface area contributed by atoms with Crippen molar-refractivity contribution in [1.29, 1.82) is 0 Å². The van der Waals surface area contributed by atoms with Gasteiger partial charge in [0, 0.05) is 17.5 Å². The Labute approximate surface area is 146 Å². The molecule has 3 aromatic rings. The zero-order valence-corrected chi connectivity index (χ0v) is 14.2. The Morgan fingerprint density at radius 2 is 2.04 bits per heavy atom. The van der Waals surface area contributed by atoms with Crippen LogP contribution in [0.2, 0.25) is 5.15 Å². The molecule has 0 saturated heterocycles. The molecule has 23 heavy (non-hydrogen) atoms. The van der Waals surface area contributed by atoms with Gasteiger partial charge in [0.25, 0.3) is 5.91 Å². The van der Waals surface area contributed by atoms with Gasteiger partial charge in [-0.25, -0.2) is 4.98 Å². The van der Waals surface area contributed by atoms with Crippen LogP contribution in [0, 0.1) is 0 Å². The summed E-state index contributed by atoms with van der Waals surface area (Å²) >= 11 is 8.70. The van der Waals surface area contributed by atoms with Gasteiger partial charge in [-0.05, 0) is 17.7 Å². The normalized spacial score (nSPS) is 10.5. The maximum absolute atomic E-state index is 12.1. The molecule has 0 bridgehead atoms. The summed E-state index contributed by atoms with van der Waals surface area (Å²) in [5.74, 6) is 0.522. The number of carbonyl (C=O) groups is 1. The molecular formula is C15H11ClN4OS2. The first-order valence-electron chi connectivity index (χ1n) is 6.64. The Morgan fingerprint density at radius 1 is 1.22 bits per heavy atom. The standard InChI is InChI=1S/C15H11ClN4OS2/c16-12-8-11(6-7-17-12)13(21)18-14-19-20-15(23-14)22-9-10-4-2-1-3-5-10/h1-8H,9H2,(H,18,19,21). The number of pyridine rings is 1. The number of hydrogen-bond acceptors (Lipinski definition) is 6. The Balaban J connectivity index is 1.60. The second-order valence-electron chi connectivity index (χ2n) is 4.47. The van der Waals surface area contributed by atoms with Gasteiger partial charge in [0.1, 0.15) is 5.15 Å². The van der Waals surface area contributed by atoms with Gasteiger partial charge in [0.15, 0.2) is 4.34 Å². The summed E-state index contributed by atoms with van der Waals surface area (Å²) in [4.78, 5) is 15.9. The first-order valence-corrected chi connectivity index (χ1v) is 8.82. The van der Waals surface area contributed by atoms with Crippen LogP contribution in [0.3, 0.4) is 0 Å². The summed E-state index contributed by atoms with van der Waals surface area (Å²) in [5.41, 5.74) is 1.64. The van der Waals surface area contributed by atoms with Crippen molar-refractivity contribution >= 4 is 45.7 Å². The molecule has 0 aliphatic heterocycles. The highest BCUT2D eigenvalue weighted by Gasteiger charge is 2.11. The predicted octanol–water partition coefficient (Wildman–Crippen LogP) is 4.13. The topological polar surface area (TPSA) is 67.8 Å². The first kappa shape index (κ1) is 15.9. The quantitative estimate of drug-likeness (QED) is 0.420. The van der Waals surface area contributed by atoms with Crippen molar-refractivity contribution in [3.8, 4) is 0 Å². The minimum absolute atomic E-state index is 0.272. The zero-order valence-electron chi connectivity index (χ0n) is 11.8. The number of hydrogen-bond donors (Lipinski definition) is 1. The van der Waals surface area contributed by atoms with E-state index in [-0.39, 0.29) is 11.1 Å². The van der Waals surface area contributed by atoms with E-state index in [0.717, 1.165) is 10.1 Å². The predicted molar refractivity (Wildman–Crippen MR) is 93.1 cm³/mol. The van der Waals surface area contributed by atoms with Crippen molar-refractivity contribution in [1.82, 2.24) is 15.2 Å². The molecule has 2 aromatic heterocycles. The fourth-order valence-electron chi connectivity index (χ4n) is 1.75. The van der Waals surface area contributed by atoms with E-state index in [4.69, 9.17) is 11.6 Å². The van der Waals surface area contributed by atoms with Crippen LogP contribution >= 0.6 is 34.7 Å². The third-order valence-corrected chi connectivity index (χ3v) is 5.07. The molecule has 0 atom stereocenters. The molecule has 2 heterocycles. The van der Waals surface area contributed by atoms with Gasteiger partial charge in [0.05, 0.1) is 0 Å². The monoisotopic (exact) mass is 362 g/mol. The van der Waals surface area contributed by atoms with Crippen molar-refractivity contribution in [2.75, 3.05) is 5.32 Å². The molecule has 8 heteroatoms. The van der Waals surface area contributed by atoms with E-state index in [2.05, 4.69) is 32.6 Å². The zero-order chi connectivity index (χ0) is 16.1. The number of halogens is 1. The van der Waals surface area contributed by atoms with Crippen LogP contribution in [0.5, 0.6) is 0 Å². The van der Waals surface area contributed by atoms with E-state index in [1.807, 2.05) is 18.2 Å². The molecule has 5 nitrogen and oxygen atoms in total. The maximum Gasteiger partial charge on any atom is 0.257 e. The summed E-state index contributed by atoms with van der Waals surface area (Å²) in [6.45, 7) is 0. The summed E-state index contributed by atoms with van der Waals surface area (Å²) in [6, 6.07) is 13.2. The molecule has 1 amide bonds. The SMILES string of the molecule is O=C(Nc1nnc(SCc2ccccc2)s1)c1ccnc(Cl)c1. The molecule has 0 unspecified atom stereocenters. The molecule has 0 aliphatic carbocycles. The van der Waals surface area contributed by atoms with Crippen molar-refractivity contribution in [2.45, 2.75) is 10.1 Å². The van der Waals surface area contributed by atoms with Crippen LogP contribution in [0.15, 0.2) is 53.0 Å². The minimum Gasteiger partial charge on any atom is -0.296 e. The minimum atomic E-state index is -0.287. The molecule has 0 aliphatic rings. The van der Waals surface area contributed by atoms with Gasteiger partial charge in [-0.1, -0.05) is 65.0 Å². The third-order valence-electron chi connectivity index (χ3n) is 2.82. The molecule has 3 rings (SSSR count). The number of amides is 1. The van der Waals surface area contributed by atoms with Gasteiger partial charge in [-0.2, -0.15) is 0 Å². The second-order valence-corrected chi connectivity index (χ2v) is 7.06. The van der Waals surface area contributed by atoms with Crippen LogP contribution < -0.4 is 5.32 Å². The van der Waals surface area contributed by atoms with Crippen molar-refractivity contribution in [2.24, 2.45) is 0 Å². The third kappa shape index (κ3) is 4.51. The molecule has 1 N–H and O–H groups in total. The van der Waals surface area contributed by atoms with Gasteiger partial charge in [0.2, 0.25) is 5.13 Å². The van der Waals surface area contributed by atoms with Gasteiger partial charge in [-0.3, -0.25) is 10.1 Å². The van der Waals surface area contributed by atoms with E-state index in [0.29, 0.717) is 10.7 Å². The van der Waals surface area contributed by atoms with E-state index >= 15 is 0 Å². The highest BCUT2D eigenvalue weighted by atomic mass is 35.5. The van der Waals surface area contributed by atoms with Crippen molar-refractivity contribution in [3.05, 3.63) is 64.9 Å². The van der Waals surface area contributed by atoms with Crippen molar-refractivity contribution < 1.29 is 4.79 Å². The number of nitrogens with one attached hydrogen (secondary N) is 1. The Kier molecular flexibility index (Phi) is 5.22. The first-order chi connectivity index (χ1) is 11.2. The number of benzene rings is 1. The molecule has 116 valence electrons. The van der Waals surface area contributed by atoms with Gasteiger partial charge < -0.3 is 0 Å². The number of aromatic nitrogens is 3. The number of anilines is 1. The number of thioether (sulfide) groups is 1. The lowest BCUT2D eigenvalue weighted by atomic mass is 10.2. The molecule has 1 aromatic carbocycles. The summed E-state index contributed by atoms with van der Waals surface area (Å²) in [7, 11) is 0. The van der Waals surface area contributed by atoms with Crippen LogP contribution in [-0.2, 0) is 5.75 Å². The summed E-state index contributed by atoms with van der Waals surface area (Å²) < 4.78 is 0.803. The molecule has 0 saturated carbocycles.